The minimum atomic E-state index is 0.202. The van der Waals surface area contributed by atoms with E-state index in [1.165, 1.54) is 0 Å². The van der Waals surface area contributed by atoms with Crippen LogP contribution in [0.4, 0.5) is 0 Å². The van der Waals surface area contributed by atoms with E-state index >= 15 is 0 Å². The Kier molecular flexibility index (Phi) is 6.51. The van der Waals surface area contributed by atoms with Crippen molar-refractivity contribution < 1.29 is 9.84 Å². The summed E-state index contributed by atoms with van der Waals surface area (Å²) in [7, 11) is 0. The molecule has 0 aliphatic carbocycles. The monoisotopic (exact) mass is 122 g/mol. The Balaban J connectivity index is 2.45. The average Bonchev–Trinajstić information content (AvgIpc) is 1.69. The second-order valence-corrected chi connectivity index (χ2v) is 1.37. The Labute approximate surface area is 48.9 Å². The molecule has 0 aromatic rings. The summed E-state index contributed by atoms with van der Waals surface area (Å²) in [4.78, 5) is 0. The van der Waals surface area contributed by atoms with Crippen LogP contribution in [0.1, 0.15) is 6.42 Å². The van der Waals surface area contributed by atoms with Gasteiger partial charge in [0.05, 0.1) is 5.94 Å². The highest BCUT2D eigenvalue weighted by Crippen LogP contribution is 1.81. The molecule has 44 valence electrons. The molecule has 0 unspecified atom stereocenters. The molecule has 0 amide bonds. The summed E-state index contributed by atoms with van der Waals surface area (Å²) in [5.41, 5.74) is 0. The first-order chi connectivity index (χ1) is 3.41. The summed E-state index contributed by atoms with van der Waals surface area (Å²) in [5.74, 6) is 0.444. The summed E-state index contributed by atoms with van der Waals surface area (Å²) in [5, 5.41) is 8.19. The molecule has 0 fully saturated rings. The number of hydrogen-bond donors (Lipinski definition) is 2. The van der Waals surface area contributed by atoms with Crippen molar-refractivity contribution in [3.63, 3.8) is 0 Å². The van der Waals surface area contributed by atoms with Gasteiger partial charge in [0.25, 0.3) is 0 Å². The standard InChI is InChI=1S/C4H10O2S/c5-2-1-3-6-4-7/h5,7H,1-4H2. The zero-order chi connectivity index (χ0) is 5.54. The molecule has 1 N–H and O–H groups in total. The number of rotatable bonds is 4. The third-order valence-corrected chi connectivity index (χ3v) is 0.721. The van der Waals surface area contributed by atoms with Crippen molar-refractivity contribution in [3.05, 3.63) is 0 Å². The molecule has 7 heavy (non-hydrogen) atoms. The molecule has 0 aromatic heterocycles. The van der Waals surface area contributed by atoms with Crippen molar-refractivity contribution >= 4 is 12.6 Å². The summed E-state index contributed by atoms with van der Waals surface area (Å²) in [6.07, 6.45) is 0.709. The van der Waals surface area contributed by atoms with E-state index < -0.39 is 0 Å². The number of aliphatic hydroxyl groups is 1. The molecule has 0 saturated carbocycles. The fourth-order valence-electron chi connectivity index (χ4n) is 0.231. The lowest BCUT2D eigenvalue weighted by molar-refractivity contribution is 0.155. The van der Waals surface area contributed by atoms with Gasteiger partial charge in [0.2, 0.25) is 0 Å². The van der Waals surface area contributed by atoms with Crippen molar-refractivity contribution in [2.75, 3.05) is 19.2 Å². The predicted molar refractivity (Wildman–Crippen MR) is 31.5 cm³/mol. The third kappa shape index (κ3) is 6.27. The fourth-order valence-corrected chi connectivity index (χ4v) is 0.360. The maximum absolute atomic E-state index is 8.19. The molecule has 0 saturated heterocycles. The van der Waals surface area contributed by atoms with Gasteiger partial charge in [-0.1, -0.05) is 0 Å². The van der Waals surface area contributed by atoms with Gasteiger partial charge in [-0.25, -0.2) is 0 Å². The molecule has 0 bridgehead atoms. The Morgan fingerprint density at radius 3 is 2.71 bits per heavy atom. The smallest absolute Gasteiger partial charge is 0.0892 e. The van der Waals surface area contributed by atoms with Gasteiger partial charge in [0.1, 0.15) is 0 Å². The van der Waals surface area contributed by atoms with Crippen LogP contribution in [0, 0.1) is 0 Å². The molecule has 0 spiro atoms. The zero-order valence-corrected chi connectivity index (χ0v) is 5.03. The topological polar surface area (TPSA) is 29.5 Å². The van der Waals surface area contributed by atoms with Crippen LogP contribution in [0.2, 0.25) is 0 Å². The van der Waals surface area contributed by atoms with Crippen LogP contribution >= 0.6 is 12.6 Å². The number of hydrogen-bond acceptors (Lipinski definition) is 3. The second-order valence-electron chi connectivity index (χ2n) is 1.11. The van der Waals surface area contributed by atoms with Crippen LogP contribution in [-0.2, 0) is 4.74 Å². The van der Waals surface area contributed by atoms with Gasteiger partial charge < -0.3 is 9.84 Å². The number of thiol groups is 1. The Hall–Kier alpha value is 0.270. The van der Waals surface area contributed by atoms with Crippen LogP contribution in [0.3, 0.4) is 0 Å². The molecule has 0 aromatic carbocycles. The third-order valence-electron chi connectivity index (χ3n) is 0.538. The maximum atomic E-state index is 8.19. The van der Waals surface area contributed by atoms with E-state index in [1.807, 2.05) is 0 Å². The number of aliphatic hydroxyl groups excluding tert-OH is 1. The molecule has 0 heterocycles. The van der Waals surface area contributed by atoms with E-state index in [9.17, 15) is 0 Å². The normalized spacial score (nSPS) is 9.43. The molecule has 0 rings (SSSR count). The van der Waals surface area contributed by atoms with Crippen molar-refractivity contribution in [1.29, 1.82) is 0 Å². The van der Waals surface area contributed by atoms with E-state index in [4.69, 9.17) is 9.84 Å². The van der Waals surface area contributed by atoms with Crippen LogP contribution < -0.4 is 0 Å². The van der Waals surface area contributed by atoms with Crippen LogP contribution in [0.5, 0.6) is 0 Å². The predicted octanol–water partition coefficient (Wildman–Crippen LogP) is 0.273. The molecule has 0 aliphatic heterocycles. The molecule has 0 atom stereocenters. The Morgan fingerprint density at radius 1 is 1.57 bits per heavy atom. The van der Waals surface area contributed by atoms with Gasteiger partial charge >= 0.3 is 0 Å². The van der Waals surface area contributed by atoms with Gasteiger partial charge in [-0.05, 0) is 6.42 Å². The van der Waals surface area contributed by atoms with Gasteiger partial charge in [-0.2, -0.15) is 12.6 Å². The van der Waals surface area contributed by atoms with E-state index in [2.05, 4.69) is 12.6 Å². The largest absolute Gasteiger partial charge is 0.396 e. The lowest BCUT2D eigenvalue weighted by atomic mass is 10.5. The molecular weight excluding hydrogens is 112 g/mol. The molecule has 0 aliphatic rings. The summed E-state index contributed by atoms with van der Waals surface area (Å²) in [6.45, 7) is 0.813. The van der Waals surface area contributed by atoms with Crippen molar-refractivity contribution in [2.24, 2.45) is 0 Å². The number of ether oxygens (including phenoxy) is 1. The quantitative estimate of drug-likeness (QED) is 0.318. The Bertz CT molecular complexity index is 28.9. The van der Waals surface area contributed by atoms with E-state index in [0.717, 1.165) is 0 Å². The highest BCUT2D eigenvalue weighted by atomic mass is 32.1. The molecule has 2 nitrogen and oxygen atoms in total. The van der Waals surface area contributed by atoms with E-state index in [1.54, 1.807) is 0 Å². The zero-order valence-electron chi connectivity index (χ0n) is 4.13. The molecule has 0 radical (unpaired) electrons. The van der Waals surface area contributed by atoms with Crippen LogP contribution in [0.25, 0.3) is 0 Å². The van der Waals surface area contributed by atoms with Crippen LogP contribution in [-0.4, -0.2) is 24.3 Å². The summed E-state index contributed by atoms with van der Waals surface area (Å²) >= 11 is 3.79. The first kappa shape index (κ1) is 7.27. The van der Waals surface area contributed by atoms with Crippen LogP contribution in [0.15, 0.2) is 0 Å². The van der Waals surface area contributed by atoms with E-state index in [-0.39, 0.29) is 6.61 Å². The van der Waals surface area contributed by atoms with Crippen molar-refractivity contribution in [1.82, 2.24) is 0 Å². The second kappa shape index (κ2) is 6.27. The summed E-state index contributed by atoms with van der Waals surface area (Å²) < 4.78 is 4.78. The fraction of sp³-hybridized carbons (Fsp3) is 1.00. The lowest BCUT2D eigenvalue weighted by Crippen LogP contribution is -1.93. The van der Waals surface area contributed by atoms with Gasteiger partial charge in [-0.3, -0.25) is 0 Å². The van der Waals surface area contributed by atoms with Gasteiger partial charge in [0, 0.05) is 13.2 Å². The maximum Gasteiger partial charge on any atom is 0.0892 e. The van der Waals surface area contributed by atoms with Crippen molar-refractivity contribution in [2.45, 2.75) is 6.42 Å². The highest BCUT2D eigenvalue weighted by molar-refractivity contribution is 7.80. The SMILES string of the molecule is OCCCOCS. The minimum Gasteiger partial charge on any atom is -0.396 e. The van der Waals surface area contributed by atoms with Crippen molar-refractivity contribution in [3.8, 4) is 0 Å². The average molecular weight is 122 g/mol. The van der Waals surface area contributed by atoms with Gasteiger partial charge in [-0.15, -0.1) is 0 Å². The highest BCUT2D eigenvalue weighted by Gasteiger charge is 1.79. The molecule has 3 heteroatoms. The Morgan fingerprint density at radius 2 is 2.29 bits per heavy atom. The minimum absolute atomic E-state index is 0.202. The first-order valence-electron chi connectivity index (χ1n) is 2.21. The van der Waals surface area contributed by atoms with E-state index in [0.29, 0.717) is 19.0 Å². The summed E-state index contributed by atoms with van der Waals surface area (Å²) in [6, 6.07) is 0. The first-order valence-corrected chi connectivity index (χ1v) is 2.84. The molecular formula is C4H10O2S. The van der Waals surface area contributed by atoms with Gasteiger partial charge in [0.15, 0.2) is 0 Å². The lowest BCUT2D eigenvalue weighted by Gasteiger charge is -1.93.